The summed E-state index contributed by atoms with van der Waals surface area (Å²) >= 11 is 0. The average molecular weight is 506 g/mol. The molecule has 2 amide bonds. The van der Waals surface area contributed by atoms with Crippen molar-refractivity contribution in [2.75, 3.05) is 24.4 Å². The molecule has 2 aromatic carbocycles. The standard InChI is InChI=1S/C26H24FN5O5/c1-16-24(26(35)32(31(16)2)18-7-5-4-6-8-18)25(34)29-17-9-10-21(20(27)13-17)37-19-11-12-28-22(14-19)30-23(33)15-36-3/h4-14H,15H2,1-3H3,(H,29,34)(H,28,30,33). The van der Waals surface area contributed by atoms with E-state index in [1.54, 1.807) is 42.9 Å². The molecule has 0 saturated heterocycles. The first-order valence-electron chi connectivity index (χ1n) is 11.2. The van der Waals surface area contributed by atoms with Crippen molar-refractivity contribution >= 4 is 23.3 Å². The van der Waals surface area contributed by atoms with E-state index in [0.29, 0.717) is 11.4 Å². The Morgan fingerprint density at radius 3 is 2.51 bits per heavy atom. The van der Waals surface area contributed by atoms with Gasteiger partial charge in [-0.15, -0.1) is 0 Å². The summed E-state index contributed by atoms with van der Waals surface area (Å²) in [6, 6.07) is 15.7. The zero-order valence-electron chi connectivity index (χ0n) is 20.3. The number of rotatable bonds is 8. The van der Waals surface area contributed by atoms with Gasteiger partial charge in [0.25, 0.3) is 17.4 Å². The molecule has 37 heavy (non-hydrogen) atoms. The maximum atomic E-state index is 14.8. The van der Waals surface area contributed by atoms with Crippen LogP contribution in [0.5, 0.6) is 11.5 Å². The molecule has 0 aliphatic rings. The van der Waals surface area contributed by atoms with Crippen LogP contribution in [-0.2, 0) is 16.6 Å². The van der Waals surface area contributed by atoms with E-state index >= 15 is 0 Å². The zero-order valence-corrected chi connectivity index (χ0v) is 20.3. The third-order valence-electron chi connectivity index (χ3n) is 5.47. The topological polar surface area (TPSA) is 116 Å². The minimum atomic E-state index is -0.744. The third kappa shape index (κ3) is 5.57. The Morgan fingerprint density at radius 2 is 1.81 bits per heavy atom. The summed E-state index contributed by atoms with van der Waals surface area (Å²) in [4.78, 5) is 41.7. The molecule has 0 aliphatic carbocycles. The summed E-state index contributed by atoms with van der Waals surface area (Å²) in [7, 11) is 3.07. The Hall–Kier alpha value is -4.77. The van der Waals surface area contributed by atoms with Crippen molar-refractivity contribution in [3.05, 3.63) is 94.3 Å². The third-order valence-corrected chi connectivity index (χ3v) is 5.47. The summed E-state index contributed by atoms with van der Waals surface area (Å²) in [6.45, 7) is 1.52. The van der Waals surface area contributed by atoms with Crippen molar-refractivity contribution < 1.29 is 23.5 Å². The number of carbonyl (C=O) groups is 2. The smallest absolute Gasteiger partial charge is 0.284 e. The van der Waals surface area contributed by atoms with Crippen molar-refractivity contribution in [1.29, 1.82) is 0 Å². The molecular formula is C26H24FN5O5. The maximum absolute atomic E-state index is 14.8. The number of methoxy groups -OCH3 is 1. The van der Waals surface area contributed by atoms with E-state index < -0.39 is 23.2 Å². The molecule has 0 fully saturated rings. The molecule has 11 heteroatoms. The molecule has 190 valence electrons. The van der Waals surface area contributed by atoms with Crippen molar-refractivity contribution in [2.24, 2.45) is 7.05 Å². The van der Waals surface area contributed by atoms with Gasteiger partial charge in [-0.05, 0) is 37.3 Å². The Morgan fingerprint density at radius 1 is 1.05 bits per heavy atom. The molecule has 10 nitrogen and oxygen atoms in total. The predicted octanol–water partition coefficient (Wildman–Crippen LogP) is 3.65. The normalized spacial score (nSPS) is 10.7. The number of carbonyl (C=O) groups excluding carboxylic acids is 2. The summed E-state index contributed by atoms with van der Waals surface area (Å²) < 4.78 is 28.1. The first-order valence-corrected chi connectivity index (χ1v) is 11.2. The number of nitrogens with zero attached hydrogens (tertiary/aromatic N) is 3. The summed E-state index contributed by atoms with van der Waals surface area (Å²) in [5.41, 5.74) is 0.674. The Labute approximate surface area is 211 Å². The van der Waals surface area contributed by atoms with Gasteiger partial charge in [-0.1, -0.05) is 18.2 Å². The molecule has 4 rings (SSSR count). The van der Waals surface area contributed by atoms with Gasteiger partial charge in [0.05, 0.1) is 11.4 Å². The number of pyridine rings is 1. The molecule has 0 unspecified atom stereocenters. The highest BCUT2D eigenvalue weighted by molar-refractivity contribution is 6.05. The number of nitrogens with one attached hydrogen (secondary N) is 2. The van der Waals surface area contributed by atoms with Gasteiger partial charge in [-0.2, -0.15) is 0 Å². The quantitative estimate of drug-likeness (QED) is 0.378. The lowest BCUT2D eigenvalue weighted by Crippen LogP contribution is -2.25. The molecule has 0 spiro atoms. The van der Waals surface area contributed by atoms with E-state index in [2.05, 4.69) is 15.6 Å². The second kappa shape index (κ2) is 10.9. The number of benzene rings is 2. The van der Waals surface area contributed by atoms with Crippen LogP contribution in [0.4, 0.5) is 15.9 Å². The van der Waals surface area contributed by atoms with E-state index in [0.717, 1.165) is 6.07 Å². The molecular weight excluding hydrogens is 481 g/mol. The number of hydrogen-bond acceptors (Lipinski definition) is 6. The van der Waals surface area contributed by atoms with Crippen LogP contribution in [0, 0.1) is 12.7 Å². The molecule has 0 aliphatic heterocycles. The van der Waals surface area contributed by atoms with Crippen molar-refractivity contribution in [2.45, 2.75) is 6.92 Å². The largest absolute Gasteiger partial charge is 0.454 e. The molecule has 2 N–H and O–H groups in total. The van der Waals surface area contributed by atoms with E-state index in [1.807, 2.05) is 6.07 Å². The fourth-order valence-corrected chi connectivity index (χ4v) is 3.66. The Bertz CT molecular complexity index is 1510. The number of para-hydroxylation sites is 1. The summed E-state index contributed by atoms with van der Waals surface area (Å²) in [6.07, 6.45) is 1.40. The van der Waals surface area contributed by atoms with Gasteiger partial charge in [-0.25, -0.2) is 14.1 Å². The van der Waals surface area contributed by atoms with E-state index in [9.17, 15) is 18.8 Å². The van der Waals surface area contributed by atoms with Crippen molar-refractivity contribution in [3.63, 3.8) is 0 Å². The number of amides is 2. The van der Waals surface area contributed by atoms with E-state index in [-0.39, 0.29) is 35.2 Å². The number of halogens is 1. The van der Waals surface area contributed by atoms with Gasteiger partial charge in [0.1, 0.15) is 23.7 Å². The van der Waals surface area contributed by atoms with Gasteiger partial charge >= 0.3 is 0 Å². The van der Waals surface area contributed by atoms with Crippen LogP contribution in [0.1, 0.15) is 16.1 Å². The fraction of sp³-hybridized carbons (Fsp3) is 0.154. The second-order valence-electron chi connectivity index (χ2n) is 8.00. The van der Waals surface area contributed by atoms with Crippen LogP contribution in [0.2, 0.25) is 0 Å². The SMILES string of the molecule is COCC(=O)Nc1cc(Oc2ccc(NC(=O)c3c(C)n(C)n(-c4ccccc4)c3=O)cc2F)ccn1. The lowest BCUT2D eigenvalue weighted by Gasteiger charge is -2.10. The second-order valence-corrected chi connectivity index (χ2v) is 8.00. The van der Waals surface area contributed by atoms with Gasteiger partial charge in [0.2, 0.25) is 0 Å². The first-order chi connectivity index (χ1) is 17.8. The predicted molar refractivity (Wildman–Crippen MR) is 135 cm³/mol. The van der Waals surface area contributed by atoms with E-state index in [1.165, 1.54) is 42.3 Å². The number of hydrogen-bond donors (Lipinski definition) is 2. The molecule has 4 aromatic rings. The number of aromatic nitrogens is 3. The van der Waals surface area contributed by atoms with Gasteiger partial charge in [-0.3, -0.25) is 19.1 Å². The lowest BCUT2D eigenvalue weighted by molar-refractivity contribution is -0.119. The Kier molecular flexibility index (Phi) is 7.44. The van der Waals surface area contributed by atoms with Crippen LogP contribution in [0.15, 0.2) is 71.7 Å². The van der Waals surface area contributed by atoms with Crippen LogP contribution in [0.3, 0.4) is 0 Å². The molecule has 0 saturated carbocycles. The highest BCUT2D eigenvalue weighted by Crippen LogP contribution is 2.28. The first kappa shape index (κ1) is 25.3. The number of ether oxygens (including phenoxy) is 2. The molecule has 0 bridgehead atoms. The van der Waals surface area contributed by atoms with Crippen LogP contribution in [-0.4, -0.2) is 39.9 Å². The fourth-order valence-electron chi connectivity index (χ4n) is 3.66. The van der Waals surface area contributed by atoms with Crippen molar-refractivity contribution in [3.8, 4) is 17.2 Å². The summed E-state index contributed by atoms with van der Waals surface area (Å²) in [5.74, 6) is -1.47. The summed E-state index contributed by atoms with van der Waals surface area (Å²) in [5, 5.41) is 5.11. The average Bonchev–Trinajstić information content (AvgIpc) is 3.09. The van der Waals surface area contributed by atoms with Gasteiger partial charge in [0.15, 0.2) is 11.6 Å². The maximum Gasteiger partial charge on any atom is 0.284 e. The molecule has 2 heterocycles. The van der Waals surface area contributed by atoms with Gasteiger partial charge in [0, 0.05) is 38.2 Å². The van der Waals surface area contributed by atoms with Crippen molar-refractivity contribution in [1.82, 2.24) is 14.3 Å². The minimum Gasteiger partial charge on any atom is -0.454 e. The van der Waals surface area contributed by atoms with Crippen LogP contribution in [0.25, 0.3) is 5.69 Å². The van der Waals surface area contributed by atoms with E-state index in [4.69, 9.17) is 9.47 Å². The van der Waals surface area contributed by atoms with Crippen LogP contribution >= 0.6 is 0 Å². The minimum absolute atomic E-state index is 0.0491. The molecule has 0 radical (unpaired) electrons. The molecule has 2 aromatic heterocycles. The molecule has 0 atom stereocenters. The highest BCUT2D eigenvalue weighted by Gasteiger charge is 2.22. The highest BCUT2D eigenvalue weighted by atomic mass is 19.1. The monoisotopic (exact) mass is 505 g/mol. The lowest BCUT2D eigenvalue weighted by atomic mass is 10.2. The zero-order chi connectivity index (χ0) is 26.5. The van der Waals surface area contributed by atoms with Gasteiger partial charge < -0.3 is 20.1 Å². The number of anilines is 2. The Balaban J connectivity index is 1.51. The van der Waals surface area contributed by atoms with Crippen LogP contribution < -0.4 is 20.9 Å².